The Labute approximate surface area is 136 Å². The molecule has 0 bridgehead atoms. The zero-order valence-corrected chi connectivity index (χ0v) is 14.4. The lowest BCUT2D eigenvalue weighted by Gasteiger charge is -2.39. The molecule has 0 aromatic carbocycles. The Bertz CT molecular complexity index is 592. The second kappa shape index (κ2) is 6.18. The van der Waals surface area contributed by atoms with E-state index in [1.165, 1.54) is 0 Å². The second-order valence-corrected chi connectivity index (χ2v) is 7.00. The third-order valence-corrected chi connectivity index (χ3v) is 3.97. The van der Waals surface area contributed by atoms with Gasteiger partial charge in [0.05, 0.1) is 12.5 Å². The van der Waals surface area contributed by atoms with Crippen molar-refractivity contribution in [2.75, 3.05) is 20.2 Å². The van der Waals surface area contributed by atoms with E-state index >= 15 is 0 Å². The van der Waals surface area contributed by atoms with Crippen molar-refractivity contribution in [2.45, 2.75) is 45.1 Å². The lowest BCUT2D eigenvalue weighted by molar-refractivity contribution is -0.127. The number of piperidine rings is 1. The Kier molecular flexibility index (Phi) is 4.63. The molecule has 0 unspecified atom stereocenters. The number of ketones is 1. The lowest BCUT2D eigenvalue weighted by atomic mass is 9.75. The summed E-state index contributed by atoms with van der Waals surface area (Å²) in [7, 11) is 1.54. The molecular weight excluding hydrogens is 296 g/mol. The summed E-state index contributed by atoms with van der Waals surface area (Å²) in [6.07, 6.45) is 1.55. The first-order valence-electron chi connectivity index (χ1n) is 7.67. The first kappa shape index (κ1) is 17.2. The zero-order valence-electron chi connectivity index (χ0n) is 14.4. The van der Waals surface area contributed by atoms with Crippen LogP contribution in [0.3, 0.4) is 0 Å². The van der Waals surface area contributed by atoms with Crippen molar-refractivity contribution in [3.63, 3.8) is 0 Å². The Morgan fingerprint density at radius 1 is 1.35 bits per heavy atom. The average Bonchev–Trinajstić information content (AvgIpc) is 2.48. The topological polar surface area (TPSA) is 68.7 Å². The van der Waals surface area contributed by atoms with Crippen LogP contribution in [-0.4, -0.2) is 47.6 Å². The highest BCUT2D eigenvalue weighted by atomic mass is 16.6. The summed E-state index contributed by atoms with van der Waals surface area (Å²) in [4.78, 5) is 30.5. The van der Waals surface area contributed by atoms with Crippen LogP contribution in [0.15, 0.2) is 18.3 Å². The molecule has 23 heavy (non-hydrogen) atoms. The minimum Gasteiger partial charge on any atom is -0.481 e. The monoisotopic (exact) mass is 320 g/mol. The third kappa shape index (κ3) is 3.81. The van der Waals surface area contributed by atoms with E-state index in [1.807, 2.05) is 33.8 Å². The largest absolute Gasteiger partial charge is 0.481 e. The number of rotatable bonds is 2. The van der Waals surface area contributed by atoms with Gasteiger partial charge in [0.2, 0.25) is 5.88 Å². The first-order valence-corrected chi connectivity index (χ1v) is 7.67. The number of likely N-dealkylation sites (tertiary alicyclic amines) is 1. The molecule has 1 amide bonds. The standard InChI is InChI=1S/C17H24N2O4/c1-16(2,3)23-15(21)19-9-8-13(20)17(4,11-19)12-6-7-14(22-5)18-10-12/h6-7,10H,8-9,11H2,1-5H3/t17-/m1/s1. The van der Waals surface area contributed by atoms with Gasteiger partial charge in [0.1, 0.15) is 11.4 Å². The smallest absolute Gasteiger partial charge is 0.410 e. The van der Waals surface area contributed by atoms with E-state index in [9.17, 15) is 9.59 Å². The number of pyridine rings is 1. The van der Waals surface area contributed by atoms with Gasteiger partial charge in [0.25, 0.3) is 0 Å². The molecule has 1 aromatic heterocycles. The van der Waals surface area contributed by atoms with Crippen molar-refractivity contribution in [3.8, 4) is 5.88 Å². The van der Waals surface area contributed by atoms with E-state index in [2.05, 4.69) is 4.98 Å². The van der Waals surface area contributed by atoms with E-state index in [1.54, 1.807) is 24.3 Å². The van der Waals surface area contributed by atoms with Crippen molar-refractivity contribution in [3.05, 3.63) is 23.9 Å². The van der Waals surface area contributed by atoms with Crippen LogP contribution < -0.4 is 4.74 Å². The quantitative estimate of drug-likeness (QED) is 0.837. The van der Waals surface area contributed by atoms with E-state index in [-0.39, 0.29) is 12.3 Å². The van der Waals surface area contributed by atoms with E-state index in [0.29, 0.717) is 18.8 Å². The van der Waals surface area contributed by atoms with Crippen molar-refractivity contribution in [2.24, 2.45) is 0 Å². The molecule has 6 nitrogen and oxygen atoms in total. The third-order valence-electron chi connectivity index (χ3n) is 3.97. The molecule has 1 aliphatic heterocycles. The van der Waals surface area contributed by atoms with Crippen molar-refractivity contribution in [1.29, 1.82) is 0 Å². The molecule has 1 saturated heterocycles. The number of aromatic nitrogens is 1. The predicted octanol–water partition coefficient (Wildman–Crippen LogP) is 2.56. The normalized spacial score (nSPS) is 22.0. The average molecular weight is 320 g/mol. The van der Waals surface area contributed by atoms with Gasteiger partial charge in [0, 0.05) is 31.8 Å². The number of amides is 1. The Morgan fingerprint density at radius 3 is 2.57 bits per heavy atom. The van der Waals surface area contributed by atoms with Crippen LogP contribution in [0.4, 0.5) is 4.79 Å². The number of methoxy groups -OCH3 is 1. The number of ether oxygens (including phenoxy) is 2. The molecule has 1 aromatic rings. The Hall–Kier alpha value is -2.11. The van der Waals surface area contributed by atoms with Crippen molar-refractivity contribution < 1.29 is 19.1 Å². The minimum absolute atomic E-state index is 0.101. The summed E-state index contributed by atoms with van der Waals surface area (Å²) < 4.78 is 10.5. The van der Waals surface area contributed by atoms with E-state index in [4.69, 9.17) is 9.47 Å². The van der Waals surface area contributed by atoms with Crippen LogP contribution in [0.5, 0.6) is 5.88 Å². The van der Waals surface area contributed by atoms with Crippen molar-refractivity contribution >= 4 is 11.9 Å². The molecular formula is C17H24N2O4. The number of hydrogen-bond acceptors (Lipinski definition) is 5. The second-order valence-electron chi connectivity index (χ2n) is 7.00. The summed E-state index contributed by atoms with van der Waals surface area (Å²) >= 11 is 0. The summed E-state index contributed by atoms with van der Waals surface area (Å²) in [6, 6.07) is 3.54. The maximum Gasteiger partial charge on any atom is 0.410 e. The molecule has 0 spiro atoms. The van der Waals surface area contributed by atoms with Gasteiger partial charge >= 0.3 is 6.09 Å². The van der Waals surface area contributed by atoms with Crippen LogP contribution >= 0.6 is 0 Å². The highest BCUT2D eigenvalue weighted by Crippen LogP contribution is 2.32. The minimum atomic E-state index is -0.783. The van der Waals surface area contributed by atoms with Gasteiger partial charge in [-0.25, -0.2) is 9.78 Å². The summed E-state index contributed by atoms with van der Waals surface area (Å²) in [5.41, 5.74) is -0.568. The molecule has 2 rings (SSSR count). The summed E-state index contributed by atoms with van der Waals surface area (Å²) in [5, 5.41) is 0. The fourth-order valence-corrected chi connectivity index (χ4v) is 2.62. The van der Waals surface area contributed by atoms with Crippen molar-refractivity contribution in [1.82, 2.24) is 9.88 Å². The van der Waals surface area contributed by atoms with Crippen LogP contribution in [0.1, 0.15) is 39.7 Å². The van der Waals surface area contributed by atoms with Crippen LogP contribution in [0.25, 0.3) is 0 Å². The number of Topliss-reactive ketones (excluding diaryl/α,β-unsaturated/α-hetero) is 1. The van der Waals surface area contributed by atoms with Gasteiger partial charge in [-0.3, -0.25) is 4.79 Å². The molecule has 1 atom stereocenters. The molecule has 0 N–H and O–H groups in total. The number of carbonyl (C=O) groups excluding carboxylic acids is 2. The van der Waals surface area contributed by atoms with Gasteiger partial charge in [-0.2, -0.15) is 0 Å². The Balaban J connectivity index is 2.22. The SMILES string of the molecule is COc1ccc([C@@]2(C)CN(C(=O)OC(C)(C)C)CCC2=O)cn1. The van der Waals surface area contributed by atoms with Crippen LogP contribution in [-0.2, 0) is 14.9 Å². The summed E-state index contributed by atoms with van der Waals surface area (Å²) in [5.74, 6) is 0.592. The molecule has 0 aliphatic carbocycles. The number of carbonyl (C=O) groups is 2. The molecule has 6 heteroatoms. The molecule has 2 heterocycles. The zero-order chi connectivity index (χ0) is 17.3. The lowest BCUT2D eigenvalue weighted by Crippen LogP contribution is -2.53. The van der Waals surface area contributed by atoms with E-state index < -0.39 is 17.1 Å². The number of hydrogen-bond donors (Lipinski definition) is 0. The van der Waals surface area contributed by atoms with E-state index in [0.717, 1.165) is 5.56 Å². The highest BCUT2D eigenvalue weighted by Gasteiger charge is 2.42. The molecule has 1 aliphatic rings. The summed E-state index contributed by atoms with van der Waals surface area (Å²) in [6.45, 7) is 7.99. The predicted molar refractivity (Wildman–Crippen MR) is 85.6 cm³/mol. The van der Waals surface area contributed by atoms with Gasteiger partial charge in [0.15, 0.2) is 0 Å². The molecule has 0 saturated carbocycles. The maximum absolute atomic E-state index is 12.5. The highest BCUT2D eigenvalue weighted by molar-refractivity contribution is 5.92. The van der Waals surface area contributed by atoms with Gasteiger partial charge in [-0.1, -0.05) is 6.07 Å². The molecule has 126 valence electrons. The number of nitrogens with zero attached hydrogens (tertiary/aromatic N) is 2. The fourth-order valence-electron chi connectivity index (χ4n) is 2.62. The van der Waals surface area contributed by atoms with Gasteiger partial charge in [-0.05, 0) is 33.3 Å². The van der Waals surface area contributed by atoms with Gasteiger partial charge < -0.3 is 14.4 Å². The molecule has 0 radical (unpaired) electrons. The fraction of sp³-hybridized carbons (Fsp3) is 0.588. The van der Waals surface area contributed by atoms with Crippen LogP contribution in [0.2, 0.25) is 0 Å². The molecule has 1 fully saturated rings. The first-order chi connectivity index (χ1) is 10.7. The van der Waals surface area contributed by atoms with Gasteiger partial charge in [-0.15, -0.1) is 0 Å². The Morgan fingerprint density at radius 2 is 2.04 bits per heavy atom. The van der Waals surface area contributed by atoms with Crippen LogP contribution in [0, 0.1) is 0 Å². The maximum atomic E-state index is 12.5.